The fourth-order valence-electron chi connectivity index (χ4n) is 2.90. The monoisotopic (exact) mass is 338 g/mol. The van der Waals surface area contributed by atoms with Gasteiger partial charge in [-0.3, -0.25) is 4.79 Å². The number of nitrogens with zero attached hydrogens (tertiary/aromatic N) is 1. The minimum Gasteiger partial charge on any atom is -0.357 e. The Kier molecular flexibility index (Phi) is 3.92. The highest BCUT2D eigenvalue weighted by Crippen LogP contribution is 2.22. The van der Waals surface area contributed by atoms with Gasteiger partial charge >= 0.3 is 0 Å². The molecule has 0 saturated heterocycles. The summed E-state index contributed by atoms with van der Waals surface area (Å²) in [7, 11) is 0. The molecule has 0 fully saturated rings. The summed E-state index contributed by atoms with van der Waals surface area (Å²) < 4.78 is 0. The zero-order valence-corrected chi connectivity index (χ0v) is 14.2. The molecule has 1 aliphatic heterocycles. The largest absolute Gasteiger partial charge is 0.357 e. The molecule has 0 aliphatic carbocycles. The third-order valence-corrected chi connectivity index (χ3v) is 4.97. The predicted molar refractivity (Wildman–Crippen MR) is 94.8 cm³/mol. The zero-order chi connectivity index (χ0) is 16.5. The summed E-state index contributed by atoms with van der Waals surface area (Å²) in [5, 5.41) is 9.31. The maximum atomic E-state index is 12.3. The minimum atomic E-state index is -0.105. The van der Waals surface area contributed by atoms with E-state index in [1.807, 2.05) is 24.6 Å². The lowest BCUT2D eigenvalue weighted by Gasteiger charge is -2.06. The molecule has 3 aromatic rings. The first-order valence-electron chi connectivity index (χ1n) is 7.89. The van der Waals surface area contributed by atoms with Crippen molar-refractivity contribution in [2.45, 2.75) is 26.6 Å². The van der Waals surface area contributed by atoms with Crippen molar-refractivity contribution in [2.24, 2.45) is 0 Å². The molecule has 4 rings (SSSR count). The Labute approximate surface area is 144 Å². The number of H-pyrrole nitrogens is 1. The van der Waals surface area contributed by atoms with E-state index in [0.29, 0.717) is 12.2 Å². The van der Waals surface area contributed by atoms with Crippen LogP contribution < -0.4 is 10.6 Å². The smallest absolute Gasteiger partial charge is 0.267 e. The summed E-state index contributed by atoms with van der Waals surface area (Å²) in [5.74, 6) is -0.105. The Balaban J connectivity index is 1.42. The van der Waals surface area contributed by atoms with Crippen molar-refractivity contribution >= 4 is 17.2 Å². The molecule has 2 aromatic heterocycles. The first-order valence-corrected chi connectivity index (χ1v) is 8.77. The van der Waals surface area contributed by atoms with Crippen molar-refractivity contribution in [2.75, 3.05) is 0 Å². The molecular formula is C18H18N4OS. The van der Waals surface area contributed by atoms with Gasteiger partial charge in [0, 0.05) is 36.8 Å². The van der Waals surface area contributed by atoms with Crippen LogP contribution in [0.5, 0.6) is 0 Å². The number of carbonyl (C=O) groups excluding carboxylic acids is 1. The van der Waals surface area contributed by atoms with Gasteiger partial charge in [0.05, 0.1) is 10.7 Å². The fraction of sp³-hybridized carbons (Fsp3) is 0.222. The molecule has 1 aromatic carbocycles. The molecule has 1 aliphatic rings. The molecule has 1 amide bonds. The molecule has 0 saturated carbocycles. The topological polar surface area (TPSA) is 69.8 Å². The second-order valence-electron chi connectivity index (χ2n) is 5.94. The second kappa shape index (κ2) is 6.22. The number of nitrogens with one attached hydrogen (secondary N) is 3. The van der Waals surface area contributed by atoms with Crippen LogP contribution in [0.4, 0.5) is 0 Å². The van der Waals surface area contributed by atoms with Crippen molar-refractivity contribution in [3.8, 4) is 11.3 Å². The van der Waals surface area contributed by atoms with E-state index in [-0.39, 0.29) is 5.91 Å². The van der Waals surface area contributed by atoms with Crippen molar-refractivity contribution in [3.63, 3.8) is 0 Å². The van der Waals surface area contributed by atoms with Crippen molar-refractivity contribution in [3.05, 3.63) is 63.2 Å². The summed E-state index contributed by atoms with van der Waals surface area (Å²) in [4.78, 5) is 19.8. The number of carbonyl (C=O) groups is 1. The van der Waals surface area contributed by atoms with Crippen LogP contribution in [0.1, 0.15) is 32.2 Å². The SMILES string of the molecule is Cc1nc(-c2c[nH]c(C(=O)NCc3ccc4c(c3)CNC4)c2)cs1. The van der Waals surface area contributed by atoms with E-state index >= 15 is 0 Å². The van der Waals surface area contributed by atoms with Crippen molar-refractivity contribution in [1.82, 2.24) is 20.6 Å². The average Bonchev–Trinajstić information content (AvgIpc) is 3.31. The van der Waals surface area contributed by atoms with Gasteiger partial charge < -0.3 is 15.6 Å². The summed E-state index contributed by atoms with van der Waals surface area (Å²) in [6.07, 6.45) is 1.82. The van der Waals surface area contributed by atoms with Crippen LogP contribution in [0.15, 0.2) is 35.8 Å². The molecular weight excluding hydrogens is 320 g/mol. The molecule has 0 spiro atoms. The van der Waals surface area contributed by atoms with Gasteiger partial charge in [0.25, 0.3) is 5.91 Å². The summed E-state index contributed by atoms with van der Waals surface area (Å²) in [5.41, 5.74) is 6.18. The normalized spacial score (nSPS) is 13.0. The van der Waals surface area contributed by atoms with E-state index in [2.05, 4.69) is 38.8 Å². The summed E-state index contributed by atoms with van der Waals surface area (Å²) in [6.45, 7) is 4.34. The van der Waals surface area contributed by atoms with E-state index in [4.69, 9.17) is 0 Å². The number of benzene rings is 1. The summed E-state index contributed by atoms with van der Waals surface area (Å²) >= 11 is 1.60. The predicted octanol–water partition coefficient (Wildman–Crippen LogP) is 2.98. The maximum absolute atomic E-state index is 12.3. The Morgan fingerprint density at radius 3 is 3.00 bits per heavy atom. The first-order chi connectivity index (χ1) is 11.7. The standard InChI is InChI=1S/C18H18N4OS/c1-11-22-17(10-24-11)15-5-16(20-9-15)18(23)21-6-12-2-3-13-7-19-8-14(13)4-12/h2-5,9-10,19-20H,6-8H2,1H3,(H,21,23). The van der Waals surface area contributed by atoms with E-state index in [9.17, 15) is 4.79 Å². The van der Waals surface area contributed by atoms with Gasteiger partial charge in [-0.05, 0) is 29.7 Å². The Hall–Kier alpha value is -2.44. The average molecular weight is 338 g/mol. The number of thiazole rings is 1. The van der Waals surface area contributed by atoms with Crippen LogP contribution in [0.2, 0.25) is 0 Å². The van der Waals surface area contributed by atoms with Crippen molar-refractivity contribution in [1.29, 1.82) is 0 Å². The minimum absolute atomic E-state index is 0.105. The van der Waals surface area contributed by atoms with E-state index < -0.39 is 0 Å². The highest BCUT2D eigenvalue weighted by molar-refractivity contribution is 7.09. The number of aryl methyl sites for hydroxylation is 1. The molecule has 0 radical (unpaired) electrons. The van der Waals surface area contributed by atoms with Crippen LogP contribution in [-0.4, -0.2) is 15.9 Å². The number of fused-ring (bicyclic) bond motifs is 1. The second-order valence-corrected chi connectivity index (χ2v) is 7.01. The van der Waals surface area contributed by atoms with Crippen LogP contribution in [0.25, 0.3) is 11.3 Å². The third-order valence-electron chi connectivity index (χ3n) is 4.20. The number of hydrogen-bond acceptors (Lipinski definition) is 4. The lowest BCUT2D eigenvalue weighted by molar-refractivity contribution is 0.0946. The number of hydrogen-bond donors (Lipinski definition) is 3. The van der Waals surface area contributed by atoms with Crippen LogP contribution in [0, 0.1) is 6.92 Å². The number of aromatic nitrogens is 2. The Morgan fingerprint density at radius 1 is 1.29 bits per heavy atom. The molecule has 3 N–H and O–H groups in total. The lowest BCUT2D eigenvalue weighted by Crippen LogP contribution is -2.23. The van der Waals surface area contributed by atoms with Crippen LogP contribution >= 0.6 is 11.3 Å². The van der Waals surface area contributed by atoms with Crippen LogP contribution in [0.3, 0.4) is 0 Å². The van der Waals surface area contributed by atoms with E-state index in [1.54, 1.807) is 11.3 Å². The van der Waals surface area contributed by atoms with Crippen molar-refractivity contribution < 1.29 is 4.79 Å². The highest BCUT2D eigenvalue weighted by atomic mass is 32.1. The first kappa shape index (κ1) is 15.1. The van der Waals surface area contributed by atoms with Gasteiger partial charge in [0.1, 0.15) is 5.69 Å². The molecule has 3 heterocycles. The third kappa shape index (κ3) is 2.98. The molecule has 122 valence electrons. The van der Waals surface area contributed by atoms with Gasteiger partial charge in [-0.1, -0.05) is 18.2 Å². The van der Waals surface area contributed by atoms with Gasteiger partial charge in [0.15, 0.2) is 0 Å². The fourth-order valence-corrected chi connectivity index (χ4v) is 3.53. The molecule has 6 heteroatoms. The van der Waals surface area contributed by atoms with E-state index in [0.717, 1.165) is 34.9 Å². The molecule has 0 atom stereocenters. The quantitative estimate of drug-likeness (QED) is 0.685. The lowest BCUT2D eigenvalue weighted by atomic mass is 10.1. The molecule has 24 heavy (non-hydrogen) atoms. The van der Waals surface area contributed by atoms with E-state index in [1.165, 1.54) is 11.1 Å². The Bertz CT molecular complexity index is 896. The number of aromatic amines is 1. The Morgan fingerprint density at radius 2 is 2.17 bits per heavy atom. The summed E-state index contributed by atoms with van der Waals surface area (Å²) in [6, 6.07) is 8.21. The van der Waals surface area contributed by atoms with Gasteiger partial charge in [0.2, 0.25) is 0 Å². The molecule has 5 nitrogen and oxygen atoms in total. The molecule has 0 unspecified atom stereocenters. The van der Waals surface area contributed by atoms with Gasteiger partial charge in [-0.25, -0.2) is 4.98 Å². The number of rotatable bonds is 4. The van der Waals surface area contributed by atoms with Crippen LogP contribution in [-0.2, 0) is 19.6 Å². The highest BCUT2D eigenvalue weighted by Gasteiger charge is 2.13. The van der Waals surface area contributed by atoms with Gasteiger partial charge in [-0.2, -0.15) is 0 Å². The maximum Gasteiger partial charge on any atom is 0.267 e. The zero-order valence-electron chi connectivity index (χ0n) is 13.3. The van der Waals surface area contributed by atoms with Gasteiger partial charge in [-0.15, -0.1) is 11.3 Å². The molecule has 0 bridgehead atoms. The number of amides is 1.